The van der Waals surface area contributed by atoms with E-state index in [1.54, 1.807) is 7.05 Å². The minimum atomic E-state index is -0.213. The fourth-order valence-corrected chi connectivity index (χ4v) is 1.32. The van der Waals surface area contributed by atoms with Crippen molar-refractivity contribution < 1.29 is 4.79 Å². The molecule has 0 aliphatic heterocycles. The van der Waals surface area contributed by atoms with E-state index in [1.807, 2.05) is 31.2 Å². The van der Waals surface area contributed by atoms with Gasteiger partial charge in [-0.05, 0) is 12.5 Å². The topological polar surface area (TPSA) is 55.1 Å². The van der Waals surface area contributed by atoms with Crippen molar-refractivity contribution in [3.05, 3.63) is 35.4 Å². The van der Waals surface area contributed by atoms with E-state index >= 15 is 0 Å². The predicted molar refractivity (Wildman–Crippen MR) is 56.8 cm³/mol. The van der Waals surface area contributed by atoms with Crippen LogP contribution in [-0.4, -0.2) is 13.0 Å². The number of aryl methyl sites for hydroxylation is 1. The summed E-state index contributed by atoms with van der Waals surface area (Å²) in [6, 6.07) is 7.70. The molecule has 1 atom stereocenters. The van der Waals surface area contributed by atoms with Crippen LogP contribution in [0.3, 0.4) is 0 Å². The second-order valence-electron chi connectivity index (χ2n) is 3.40. The van der Waals surface area contributed by atoms with Crippen LogP contribution in [0.25, 0.3) is 0 Å². The maximum absolute atomic E-state index is 11.1. The number of rotatable bonds is 3. The summed E-state index contributed by atoms with van der Waals surface area (Å²) in [4.78, 5) is 11.1. The fourth-order valence-electron chi connectivity index (χ4n) is 1.32. The standard InChI is InChI=1S/C11H16N2O/c1-8-4-3-5-9(6-8)10(12)7-11(14)13-2/h3-6,10H,7,12H2,1-2H3,(H,13,14). The normalized spacial score (nSPS) is 12.2. The lowest BCUT2D eigenvalue weighted by atomic mass is 10.0. The molecule has 3 N–H and O–H groups in total. The van der Waals surface area contributed by atoms with E-state index in [1.165, 1.54) is 0 Å². The Morgan fingerprint density at radius 2 is 2.29 bits per heavy atom. The molecule has 0 fully saturated rings. The third-order valence-electron chi connectivity index (χ3n) is 2.15. The van der Waals surface area contributed by atoms with Gasteiger partial charge in [0.25, 0.3) is 0 Å². The van der Waals surface area contributed by atoms with Crippen molar-refractivity contribution in [3.8, 4) is 0 Å². The lowest BCUT2D eigenvalue weighted by molar-refractivity contribution is -0.120. The highest BCUT2D eigenvalue weighted by Crippen LogP contribution is 2.14. The third kappa shape index (κ3) is 2.85. The molecule has 0 aromatic heterocycles. The highest BCUT2D eigenvalue weighted by molar-refractivity contribution is 5.76. The molecule has 3 nitrogen and oxygen atoms in total. The molecule has 76 valence electrons. The molecule has 0 saturated carbocycles. The first kappa shape index (κ1) is 10.7. The van der Waals surface area contributed by atoms with E-state index in [2.05, 4.69) is 5.32 Å². The van der Waals surface area contributed by atoms with Gasteiger partial charge < -0.3 is 11.1 Å². The highest BCUT2D eigenvalue weighted by Gasteiger charge is 2.09. The molecule has 0 saturated heterocycles. The molecule has 0 aliphatic rings. The quantitative estimate of drug-likeness (QED) is 0.754. The summed E-state index contributed by atoms with van der Waals surface area (Å²) in [7, 11) is 1.62. The number of carbonyl (C=O) groups is 1. The second kappa shape index (κ2) is 4.77. The van der Waals surface area contributed by atoms with Gasteiger partial charge in [-0.2, -0.15) is 0 Å². The first-order valence-corrected chi connectivity index (χ1v) is 4.66. The molecule has 14 heavy (non-hydrogen) atoms. The Bertz CT molecular complexity index is 323. The van der Waals surface area contributed by atoms with Crippen LogP contribution >= 0.6 is 0 Å². The maximum atomic E-state index is 11.1. The summed E-state index contributed by atoms with van der Waals surface area (Å²) in [5, 5.41) is 2.56. The van der Waals surface area contributed by atoms with Crippen LogP contribution in [0.1, 0.15) is 23.6 Å². The van der Waals surface area contributed by atoms with Crippen molar-refractivity contribution in [2.24, 2.45) is 5.73 Å². The lowest BCUT2D eigenvalue weighted by Crippen LogP contribution is -2.24. The minimum absolute atomic E-state index is 0.0287. The molecule has 1 aromatic rings. The van der Waals surface area contributed by atoms with Gasteiger partial charge >= 0.3 is 0 Å². The lowest BCUT2D eigenvalue weighted by Gasteiger charge is -2.11. The van der Waals surface area contributed by atoms with Gasteiger partial charge in [-0.15, -0.1) is 0 Å². The second-order valence-corrected chi connectivity index (χ2v) is 3.40. The van der Waals surface area contributed by atoms with Gasteiger partial charge in [-0.3, -0.25) is 4.79 Å². The van der Waals surface area contributed by atoms with Crippen molar-refractivity contribution in [2.75, 3.05) is 7.05 Å². The van der Waals surface area contributed by atoms with Crippen molar-refractivity contribution in [2.45, 2.75) is 19.4 Å². The summed E-state index contributed by atoms with van der Waals surface area (Å²) >= 11 is 0. The largest absolute Gasteiger partial charge is 0.359 e. The van der Waals surface area contributed by atoms with Crippen molar-refractivity contribution in [1.29, 1.82) is 0 Å². The van der Waals surface area contributed by atoms with Crippen molar-refractivity contribution >= 4 is 5.91 Å². The average molecular weight is 192 g/mol. The SMILES string of the molecule is CNC(=O)CC(N)c1cccc(C)c1. The summed E-state index contributed by atoms with van der Waals surface area (Å²) in [5.74, 6) is -0.0287. The van der Waals surface area contributed by atoms with Gasteiger partial charge in [0.1, 0.15) is 0 Å². The van der Waals surface area contributed by atoms with Gasteiger partial charge in [0.15, 0.2) is 0 Å². The van der Waals surface area contributed by atoms with Gasteiger partial charge in [-0.25, -0.2) is 0 Å². The van der Waals surface area contributed by atoms with E-state index in [0.717, 1.165) is 11.1 Å². The molecule has 1 amide bonds. The molecule has 0 bridgehead atoms. The zero-order valence-electron chi connectivity index (χ0n) is 8.58. The number of nitrogens with two attached hydrogens (primary N) is 1. The van der Waals surface area contributed by atoms with Gasteiger partial charge in [0.2, 0.25) is 5.91 Å². The molecule has 3 heteroatoms. The van der Waals surface area contributed by atoms with E-state index < -0.39 is 0 Å². The molecule has 0 aliphatic carbocycles. The van der Waals surface area contributed by atoms with Crippen molar-refractivity contribution in [3.63, 3.8) is 0 Å². The predicted octanol–water partition coefficient (Wildman–Crippen LogP) is 1.13. The average Bonchev–Trinajstić information content (AvgIpc) is 2.17. The Kier molecular flexibility index (Phi) is 3.65. The van der Waals surface area contributed by atoms with E-state index in [4.69, 9.17) is 5.73 Å². The van der Waals surface area contributed by atoms with Crippen LogP contribution in [0.15, 0.2) is 24.3 Å². The van der Waals surface area contributed by atoms with Crippen LogP contribution in [0, 0.1) is 6.92 Å². The van der Waals surface area contributed by atoms with Crippen LogP contribution in [0.5, 0.6) is 0 Å². The molecule has 1 unspecified atom stereocenters. The first-order valence-electron chi connectivity index (χ1n) is 4.66. The van der Waals surface area contributed by atoms with Gasteiger partial charge in [-0.1, -0.05) is 29.8 Å². The highest BCUT2D eigenvalue weighted by atomic mass is 16.1. The number of hydrogen-bond donors (Lipinski definition) is 2. The monoisotopic (exact) mass is 192 g/mol. The Labute approximate surface area is 84.3 Å². The Balaban J connectivity index is 2.69. The smallest absolute Gasteiger partial charge is 0.221 e. The van der Waals surface area contributed by atoms with Crippen LogP contribution in [-0.2, 0) is 4.79 Å². The van der Waals surface area contributed by atoms with Crippen LogP contribution in [0.4, 0.5) is 0 Å². The molecule has 0 radical (unpaired) electrons. The molecule has 1 rings (SSSR count). The summed E-state index contributed by atoms with van der Waals surface area (Å²) in [6.07, 6.45) is 0.333. The molecule has 0 heterocycles. The number of carbonyl (C=O) groups excluding carboxylic acids is 1. The molecule has 0 spiro atoms. The Morgan fingerprint density at radius 3 is 2.86 bits per heavy atom. The van der Waals surface area contributed by atoms with Crippen LogP contribution < -0.4 is 11.1 Å². The Morgan fingerprint density at radius 1 is 1.57 bits per heavy atom. The van der Waals surface area contributed by atoms with E-state index in [-0.39, 0.29) is 11.9 Å². The number of amides is 1. The minimum Gasteiger partial charge on any atom is -0.359 e. The zero-order chi connectivity index (χ0) is 10.6. The third-order valence-corrected chi connectivity index (χ3v) is 2.15. The first-order chi connectivity index (χ1) is 6.63. The fraction of sp³-hybridized carbons (Fsp3) is 0.364. The van der Waals surface area contributed by atoms with Gasteiger partial charge in [0, 0.05) is 19.5 Å². The van der Waals surface area contributed by atoms with Gasteiger partial charge in [0.05, 0.1) is 0 Å². The molecular weight excluding hydrogens is 176 g/mol. The molecule has 1 aromatic carbocycles. The summed E-state index contributed by atoms with van der Waals surface area (Å²) in [6.45, 7) is 2.01. The van der Waals surface area contributed by atoms with E-state index in [9.17, 15) is 4.79 Å². The number of nitrogens with one attached hydrogen (secondary N) is 1. The Hall–Kier alpha value is -1.35. The van der Waals surface area contributed by atoms with Crippen LogP contribution in [0.2, 0.25) is 0 Å². The summed E-state index contributed by atoms with van der Waals surface area (Å²) < 4.78 is 0. The van der Waals surface area contributed by atoms with Crippen molar-refractivity contribution in [1.82, 2.24) is 5.32 Å². The summed E-state index contributed by atoms with van der Waals surface area (Å²) in [5.41, 5.74) is 8.05. The molecular formula is C11H16N2O. The zero-order valence-corrected chi connectivity index (χ0v) is 8.58. The van der Waals surface area contributed by atoms with E-state index in [0.29, 0.717) is 6.42 Å². The number of hydrogen-bond acceptors (Lipinski definition) is 2. The number of benzene rings is 1. The maximum Gasteiger partial charge on any atom is 0.221 e.